The topological polar surface area (TPSA) is 64.8 Å². The first-order valence-corrected chi connectivity index (χ1v) is 4.84. The lowest BCUT2D eigenvalue weighted by Gasteiger charge is -2.31. The first-order chi connectivity index (χ1) is 6.63. The molecule has 2 aliphatic heterocycles. The molecule has 0 bridgehead atoms. The average molecular weight is 197 g/mol. The summed E-state index contributed by atoms with van der Waals surface area (Å²) >= 11 is 0. The standard InChI is InChI=1S/C10H15NO3/c1-2-7-4-10(6-13-10)5-8(14-7)3-9(11)12/h2,7-8H,1,3-6H2,(H2,11,12)/t7-,8-,10-/m1/s1. The monoisotopic (exact) mass is 197 g/mol. The van der Waals surface area contributed by atoms with E-state index in [2.05, 4.69) is 6.58 Å². The van der Waals surface area contributed by atoms with E-state index < -0.39 is 0 Å². The minimum atomic E-state index is -0.324. The summed E-state index contributed by atoms with van der Waals surface area (Å²) in [5, 5.41) is 0. The van der Waals surface area contributed by atoms with Crippen molar-refractivity contribution in [3.63, 3.8) is 0 Å². The second-order valence-corrected chi connectivity index (χ2v) is 4.08. The minimum Gasteiger partial charge on any atom is -0.370 e. The Morgan fingerprint density at radius 3 is 2.86 bits per heavy atom. The highest BCUT2D eigenvalue weighted by Crippen LogP contribution is 2.42. The van der Waals surface area contributed by atoms with Gasteiger partial charge in [-0.05, 0) is 0 Å². The van der Waals surface area contributed by atoms with Gasteiger partial charge >= 0.3 is 0 Å². The van der Waals surface area contributed by atoms with Crippen LogP contribution in [0, 0.1) is 0 Å². The van der Waals surface area contributed by atoms with E-state index in [4.69, 9.17) is 15.2 Å². The Bertz CT molecular complexity index is 260. The lowest BCUT2D eigenvalue weighted by atomic mass is 9.91. The van der Waals surface area contributed by atoms with Crippen LogP contribution in [0.3, 0.4) is 0 Å². The first kappa shape index (κ1) is 9.68. The molecule has 3 atom stereocenters. The largest absolute Gasteiger partial charge is 0.370 e. The molecule has 2 N–H and O–H groups in total. The number of nitrogens with two attached hydrogens (primary N) is 1. The van der Waals surface area contributed by atoms with Crippen LogP contribution in [0.4, 0.5) is 0 Å². The summed E-state index contributed by atoms with van der Waals surface area (Å²) in [5.41, 5.74) is 5.09. The van der Waals surface area contributed by atoms with Gasteiger partial charge in [-0.15, -0.1) is 6.58 Å². The molecule has 2 fully saturated rings. The molecule has 4 nitrogen and oxygen atoms in total. The summed E-state index contributed by atoms with van der Waals surface area (Å²) in [6.07, 6.45) is 3.56. The minimum absolute atomic E-state index is 0.00407. The van der Waals surface area contributed by atoms with Crippen LogP contribution in [0.5, 0.6) is 0 Å². The van der Waals surface area contributed by atoms with Gasteiger partial charge in [0.25, 0.3) is 0 Å². The summed E-state index contributed by atoms with van der Waals surface area (Å²) in [6.45, 7) is 4.47. The van der Waals surface area contributed by atoms with Gasteiger partial charge in [0.05, 0.1) is 30.8 Å². The highest BCUT2D eigenvalue weighted by Gasteiger charge is 2.51. The van der Waals surface area contributed by atoms with E-state index in [1.165, 1.54) is 0 Å². The molecule has 0 unspecified atom stereocenters. The van der Waals surface area contributed by atoms with Crippen LogP contribution in [0.15, 0.2) is 12.7 Å². The van der Waals surface area contributed by atoms with Crippen molar-refractivity contribution in [1.82, 2.24) is 0 Å². The van der Waals surface area contributed by atoms with Gasteiger partial charge in [0.1, 0.15) is 0 Å². The first-order valence-electron chi connectivity index (χ1n) is 4.84. The van der Waals surface area contributed by atoms with Gasteiger partial charge in [-0.2, -0.15) is 0 Å². The molecule has 0 aromatic heterocycles. The molecule has 0 radical (unpaired) electrons. The normalized spacial score (nSPS) is 40.9. The molecule has 2 heterocycles. The van der Waals surface area contributed by atoms with E-state index in [0.717, 1.165) is 19.4 Å². The third-order valence-corrected chi connectivity index (χ3v) is 2.78. The van der Waals surface area contributed by atoms with Crippen LogP contribution in [-0.2, 0) is 14.3 Å². The van der Waals surface area contributed by atoms with E-state index in [9.17, 15) is 4.79 Å². The molecular formula is C10H15NO3. The van der Waals surface area contributed by atoms with Crippen molar-refractivity contribution in [1.29, 1.82) is 0 Å². The zero-order chi connectivity index (χ0) is 10.2. The van der Waals surface area contributed by atoms with Crippen LogP contribution in [0.1, 0.15) is 19.3 Å². The van der Waals surface area contributed by atoms with Crippen molar-refractivity contribution >= 4 is 5.91 Å². The molecule has 1 amide bonds. The van der Waals surface area contributed by atoms with Crippen LogP contribution < -0.4 is 5.73 Å². The fraction of sp³-hybridized carbons (Fsp3) is 0.700. The third kappa shape index (κ3) is 1.96. The van der Waals surface area contributed by atoms with Gasteiger partial charge in [0, 0.05) is 12.8 Å². The molecule has 2 aliphatic rings. The van der Waals surface area contributed by atoms with Crippen molar-refractivity contribution in [3.05, 3.63) is 12.7 Å². The molecule has 1 spiro atoms. The fourth-order valence-corrected chi connectivity index (χ4v) is 2.03. The molecular weight excluding hydrogens is 182 g/mol. The van der Waals surface area contributed by atoms with E-state index in [-0.39, 0.29) is 30.1 Å². The van der Waals surface area contributed by atoms with Crippen LogP contribution >= 0.6 is 0 Å². The molecule has 14 heavy (non-hydrogen) atoms. The Labute approximate surface area is 83.1 Å². The lowest BCUT2D eigenvalue weighted by Crippen LogP contribution is -2.38. The SMILES string of the molecule is C=C[C@@H]1C[C@]2(CO2)C[C@@H](CC(N)=O)O1. The third-order valence-electron chi connectivity index (χ3n) is 2.78. The van der Waals surface area contributed by atoms with Gasteiger partial charge in [0.2, 0.25) is 5.91 Å². The second-order valence-electron chi connectivity index (χ2n) is 4.08. The molecule has 0 aromatic carbocycles. The average Bonchev–Trinajstić information content (AvgIpc) is 2.82. The quantitative estimate of drug-likeness (QED) is 0.525. The van der Waals surface area contributed by atoms with Crippen molar-refractivity contribution in [2.45, 2.75) is 37.1 Å². The Morgan fingerprint density at radius 2 is 2.36 bits per heavy atom. The smallest absolute Gasteiger partial charge is 0.220 e. The van der Waals surface area contributed by atoms with Gasteiger partial charge in [-0.25, -0.2) is 0 Å². The van der Waals surface area contributed by atoms with Crippen LogP contribution in [0.2, 0.25) is 0 Å². The molecule has 78 valence electrons. The van der Waals surface area contributed by atoms with Gasteiger partial charge < -0.3 is 15.2 Å². The Kier molecular flexibility index (Phi) is 2.33. The van der Waals surface area contributed by atoms with E-state index in [0.29, 0.717) is 0 Å². The zero-order valence-corrected chi connectivity index (χ0v) is 8.07. The summed E-state index contributed by atoms with van der Waals surface area (Å²) < 4.78 is 11.0. The van der Waals surface area contributed by atoms with Crippen LogP contribution in [0.25, 0.3) is 0 Å². The fourth-order valence-electron chi connectivity index (χ4n) is 2.03. The Hall–Kier alpha value is -0.870. The second kappa shape index (κ2) is 3.37. The van der Waals surface area contributed by atoms with Gasteiger partial charge in [-0.1, -0.05) is 6.08 Å². The van der Waals surface area contributed by atoms with Gasteiger partial charge in [0.15, 0.2) is 0 Å². The van der Waals surface area contributed by atoms with E-state index >= 15 is 0 Å². The summed E-state index contributed by atoms with van der Waals surface area (Å²) in [6, 6.07) is 0. The molecule has 2 saturated heterocycles. The Balaban J connectivity index is 1.97. The number of primary amides is 1. The molecule has 0 aliphatic carbocycles. The predicted molar refractivity (Wildman–Crippen MR) is 50.6 cm³/mol. The molecule has 4 heteroatoms. The van der Waals surface area contributed by atoms with Crippen molar-refractivity contribution in [2.75, 3.05) is 6.61 Å². The lowest BCUT2D eigenvalue weighted by molar-refractivity contribution is -0.124. The van der Waals surface area contributed by atoms with Crippen molar-refractivity contribution < 1.29 is 14.3 Å². The molecule has 0 saturated carbocycles. The van der Waals surface area contributed by atoms with Gasteiger partial charge in [-0.3, -0.25) is 4.79 Å². The maximum Gasteiger partial charge on any atom is 0.220 e. The number of hydrogen-bond acceptors (Lipinski definition) is 3. The van der Waals surface area contributed by atoms with E-state index in [1.807, 2.05) is 0 Å². The van der Waals surface area contributed by atoms with Crippen LogP contribution in [-0.4, -0.2) is 30.3 Å². The molecule has 2 rings (SSSR count). The number of carbonyl (C=O) groups is 1. The highest BCUT2D eigenvalue weighted by molar-refractivity contribution is 5.74. The zero-order valence-electron chi connectivity index (χ0n) is 8.07. The van der Waals surface area contributed by atoms with E-state index in [1.54, 1.807) is 6.08 Å². The van der Waals surface area contributed by atoms with Crippen molar-refractivity contribution in [2.24, 2.45) is 5.73 Å². The predicted octanol–water partition coefficient (Wildman–Crippen LogP) is 0.364. The highest BCUT2D eigenvalue weighted by atomic mass is 16.6. The number of carbonyl (C=O) groups excluding carboxylic acids is 1. The molecule has 0 aromatic rings. The number of rotatable bonds is 3. The number of ether oxygens (including phenoxy) is 2. The summed E-state index contributed by atoms with van der Waals surface area (Å²) in [4.78, 5) is 10.8. The number of amides is 1. The Morgan fingerprint density at radius 1 is 1.64 bits per heavy atom. The summed E-state index contributed by atoms with van der Waals surface area (Å²) in [5.74, 6) is -0.324. The number of epoxide rings is 1. The maximum absolute atomic E-state index is 10.8. The van der Waals surface area contributed by atoms with Crippen molar-refractivity contribution in [3.8, 4) is 0 Å². The summed E-state index contributed by atoms with van der Waals surface area (Å²) in [7, 11) is 0. The maximum atomic E-state index is 10.8. The number of hydrogen-bond donors (Lipinski definition) is 1.